The molecule has 0 aromatic carbocycles. The van der Waals surface area contributed by atoms with Crippen LogP contribution in [-0.2, 0) is 4.79 Å². The molecule has 1 N–H and O–H groups in total. The maximum absolute atomic E-state index is 12.1. The van der Waals surface area contributed by atoms with Crippen LogP contribution in [0.1, 0.15) is 33.1 Å². The van der Waals surface area contributed by atoms with Gasteiger partial charge in [-0.05, 0) is 44.7 Å². The van der Waals surface area contributed by atoms with E-state index in [1.165, 1.54) is 12.8 Å². The Morgan fingerprint density at radius 3 is 2.94 bits per heavy atom. The summed E-state index contributed by atoms with van der Waals surface area (Å²) in [7, 11) is 0. The highest BCUT2D eigenvalue weighted by Crippen LogP contribution is 2.23. The second-order valence-corrected chi connectivity index (χ2v) is 5.01. The van der Waals surface area contributed by atoms with Crippen molar-refractivity contribution in [2.75, 3.05) is 26.2 Å². The molecule has 1 rings (SSSR count). The third kappa shape index (κ3) is 4.50. The molecule has 98 valence electrons. The van der Waals surface area contributed by atoms with E-state index in [0.717, 1.165) is 19.6 Å². The number of nitrogens with one attached hydrogen (secondary N) is 1. The van der Waals surface area contributed by atoms with Gasteiger partial charge in [0.2, 0.25) is 5.91 Å². The van der Waals surface area contributed by atoms with Gasteiger partial charge in [-0.2, -0.15) is 0 Å². The number of likely N-dealkylation sites (N-methyl/N-ethyl adjacent to an activating group) is 1. The summed E-state index contributed by atoms with van der Waals surface area (Å²) in [4.78, 5) is 13.9. The predicted molar refractivity (Wildman–Crippen MR) is 71.8 cm³/mol. The lowest BCUT2D eigenvalue weighted by molar-refractivity contribution is -0.131. The van der Waals surface area contributed by atoms with Gasteiger partial charge in [0.25, 0.3) is 0 Å². The fourth-order valence-corrected chi connectivity index (χ4v) is 2.50. The second kappa shape index (κ2) is 7.49. The van der Waals surface area contributed by atoms with Gasteiger partial charge in [0.15, 0.2) is 0 Å². The highest BCUT2D eigenvalue weighted by Gasteiger charge is 2.23. The summed E-state index contributed by atoms with van der Waals surface area (Å²) in [6.45, 7) is 11.6. The first-order chi connectivity index (χ1) is 8.19. The van der Waals surface area contributed by atoms with Crippen LogP contribution in [0.25, 0.3) is 0 Å². The Balaban J connectivity index is 2.40. The van der Waals surface area contributed by atoms with Gasteiger partial charge in [0.1, 0.15) is 0 Å². The van der Waals surface area contributed by atoms with Crippen molar-refractivity contribution in [1.82, 2.24) is 10.2 Å². The van der Waals surface area contributed by atoms with E-state index in [1.807, 2.05) is 11.8 Å². The van der Waals surface area contributed by atoms with E-state index in [1.54, 1.807) is 6.08 Å². The number of nitrogens with zero attached hydrogens (tertiary/aromatic N) is 1. The average molecular weight is 238 g/mol. The molecular weight excluding hydrogens is 212 g/mol. The van der Waals surface area contributed by atoms with Gasteiger partial charge in [0.05, 0.1) is 0 Å². The van der Waals surface area contributed by atoms with Crippen LogP contribution in [0, 0.1) is 11.8 Å². The normalized spacial score (nSPS) is 21.9. The highest BCUT2D eigenvalue weighted by molar-refractivity contribution is 5.76. The lowest BCUT2D eigenvalue weighted by Gasteiger charge is -2.29. The van der Waals surface area contributed by atoms with Crippen molar-refractivity contribution in [2.24, 2.45) is 11.8 Å². The molecule has 1 amide bonds. The maximum Gasteiger partial charge on any atom is 0.223 e. The first-order valence-electron chi connectivity index (χ1n) is 6.78. The number of amides is 1. The zero-order valence-corrected chi connectivity index (χ0v) is 11.2. The Morgan fingerprint density at radius 1 is 1.65 bits per heavy atom. The molecule has 0 aromatic heterocycles. The zero-order chi connectivity index (χ0) is 12.7. The van der Waals surface area contributed by atoms with Crippen LogP contribution in [0.5, 0.6) is 0 Å². The maximum atomic E-state index is 12.1. The molecular formula is C14H26N2O. The summed E-state index contributed by atoms with van der Waals surface area (Å²) in [6.07, 6.45) is 4.98. The molecule has 3 heteroatoms. The standard InChI is InChI=1S/C14H26N2O/c1-4-9-16(5-2)14(17)10-12(3)13-7-6-8-15-11-13/h4,12-13,15H,1,5-11H2,2-3H3. The fourth-order valence-electron chi connectivity index (χ4n) is 2.50. The molecule has 1 aliphatic rings. The van der Waals surface area contributed by atoms with Crippen LogP contribution in [0.2, 0.25) is 0 Å². The molecule has 0 aromatic rings. The van der Waals surface area contributed by atoms with Crippen molar-refractivity contribution in [3.05, 3.63) is 12.7 Å². The average Bonchev–Trinajstić information content (AvgIpc) is 2.36. The fraction of sp³-hybridized carbons (Fsp3) is 0.786. The van der Waals surface area contributed by atoms with Crippen molar-refractivity contribution in [3.8, 4) is 0 Å². The molecule has 1 aliphatic heterocycles. The van der Waals surface area contributed by atoms with Gasteiger partial charge in [-0.1, -0.05) is 13.0 Å². The quantitative estimate of drug-likeness (QED) is 0.718. The van der Waals surface area contributed by atoms with E-state index in [-0.39, 0.29) is 5.91 Å². The molecule has 0 saturated carbocycles. The summed E-state index contributed by atoms with van der Waals surface area (Å²) in [6, 6.07) is 0. The van der Waals surface area contributed by atoms with Crippen molar-refractivity contribution in [3.63, 3.8) is 0 Å². The minimum atomic E-state index is 0.269. The van der Waals surface area contributed by atoms with Gasteiger partial charge in [0, 0.05) is 19.5 Å². The zero-order valence-electron chi connectivity index (χ0n) is 11.2. The molecule has 1 saturated heterocycles. The Morgan fingerprint density at radius 2 is 2.41 bits per heavy atom. The largest absolute Gasteiger partial charge is 0.339 e. The number of rotatable bonds is 6. The summed E-state index contributed by atoms with van der Waals surface area (Å²) in [5.41, 5.74) is 0. The predicted octanol–water partition coefficient (Wildman–Crippen LogP) is 2.05. The third-order valence-electron chi connectivity index (χ3n) is 3.72. The minimum Gasteiger partial charge on any atom is -0.339 e. The molecule has 1 heterocycles. The Kier molecular flexibility index (Phi) is 6.27. The first kappa shape index (κ1) is 14.2. The smallest absolute Gasteiger partial charge is 0.223 e. The molecule has 0 spiro atoms. The molecule has 2 atom stereocenters. The minimum absolute atomic E-state index is 0.269. The van der Waals surface area contributed by atoms with Crippen LogP contribution in [0.3, 0.4) is 0 Å². The van der Waals surface area contributed by atoms with Gasteiger partial charge in [-0.3, -0.25) is 4.79 Å². The number of hydrogen-bond acceptors (Lipinski definition) is 2. The molecule has 0 bridgehead atoms. The number of carbonyl (C=O) groups is 1. The SMILES string of the molecule is C=CCN(CC)C(=O)CC(C)C1CCCNC1. The number of carbonyl (C=O) groups excluding carboxylic acids is 1. The van der Waals surface area contributed by atoms with Crippen molar-refractivity contribution in [2.45, 2.75) is 33.1 Å². The van der Waals surface area contributed by atoms with Crippen LogP contribution in [0.15, 0.2) is 12.7 Å². The van der Waals surface area contributed by atoms with Crippen LogP contribution in [-0.4, -0.2) is 37.0 Å². The van der Waals surface area contributed by atoms with Gasteiger partial charge in [-0.25, -0.2) is 0 Å². The summed E-state index contributed by atoms with van der Waals surface area (Å²) in [5, 5.41) is 3.42. The van der Waals surface area contributed by atoms with Crippen molar-refractivity contribution < 1.29 is 4.79 Å². The van der Waals surface area contributed by atoms with E-state index in [0.29, 0.717) is 24.8 Å². The highest BCUT2D eigenvalue weighted by atomic mass is 16.2. The molecule has 0 aliphatic carbocycles. The Labute approximate surface area is 105 Å². The van der Waals surface area contributed by atoms with Gasteiger partial charge in [-0.15, -0.1) is 6.58 Å². The third-order valence-corrected chi connectivity index (χ3v) is 3.72. The van der Waals surface area contributed by atoms with Crippen LogP contribution < -0.4 is 5.32 Å². The van der Waals surface area contributed by atoms with Gasteiger partial charge < -0.3 is 10.2 Å². The Hall–Kier alpha value is -0.830. The van der Waals surface area contributed by atoms with Crippen molar-refractivity contribution in [1.29, 1.82) is 0 Å². The summed E-state index contributed by atoms with van der Waals surface area (Å²) < 4.78 is 0. The van der Waals surface area contributed by atoms with Crippen LogP contribution in [0.4, 0.5) is 0 Å². The summed E-state index contributed by atoms with van der Waals surface area (Å²) >= 11 is 0. The molecule has 3 nitrogen and oxygen atoms in total. The number of hydrogen-bond donors (Lipinski definition) is 1. The molecule has 17 heavy (non-hydrogen) atoms. The Bertz CT molecular complexity index is 247. The lowest BCUT2D eigenvalue weighted by Crippen LogP contribution is -2.37. The van der Waals surface area contributed by atoms with E-state index in [4.69, 9.17) is 0 Å². The van der Waals surface area contributed by atoms with E-state index < -0.39 is 0 Å². The first-order valence-corrected chi connectivity index (χ1v) is 6.78. The van der Waals surface area contributed by atoms with E-state index in [9.17, 15) is 4.79 Å². The number of piperidine rings is 1. The van der Waals surface area contributed by atoms with E-state index >= 15 is 0 Å². The monoisotopic (exact) mass is 238 g/mol. The van der Waals surface area contributed by atoms with Crippen LogP contribution >= 0.6 is 0 Å². The van der Waals surface area contributed by atoms with E-state index in [2.05, 4.69) is 18.8 Å². The molecule has 0 radical (unpaired) electrons. The molecule has 2 unspecified atom stereocenters. The topological polar surface area (TPSA) is 32.3 Å². The molecule has 1 fully saturated rings. The second-order valence-electron chi connectivity index (χ2n) is 5.01. The van der Waals surface area contributed by atoms with Crippen molar-refractivity contribution >= 4 is 5.91 Å². The lowest BCUT2D eigenvalue weighted by atomic mass is 9.85. The van der Waals surface area contributed by atoms with Gasteiger partial charge >= 0.3 is 0 Å². The summed E-state index contributed by atoms with van der Waals surface area (Å²) in [5.74, 6) is 1.41.